The standard InChI is InChI=1S/C17H15N5O2/c1-13-6-8-14(9-7-13)21-11-3-4-15(21)12-19-20-17-16(22(23)24)5-2-10-18-17/h2-12H,1H3,(H,18,20)/b19-12-. The lowest BCUT2D eigenvalue weighted by molar-refractivity contribution is -0.384. The molecule has 2 heterocycles. The van der Waals surface area contributed by atoms with Crippen LogP contribution in [0.3, 0.4) is 0 Å². The largest absolute Gasteiger partial charge is 0.316 e. The summed E-state index contributed by atoms with van der Waals surface area (Å²) in [6.07, 6.45) is 4.99. The van der Waals surface area contributed by atoms with E-state index in [2.05, 4.69) is 15.5 Å². The van der Waals surface area contributed by atoms with Gasteiger partial charge in [0.15, 0.2) is 0 Å². The summed E-state index contributed by atoms with van der Waals surface area (Å²) in [6, 6.07) is 14.8. The molecule has 0 atom stereocenters. The maximum absolute atomic E-state index is 10.9. The van der Waals surface area contributed by atoms with Gasteiger partial charge in [-0.15, -0.1) is 0 Å². The highest BCUT2D eigenvalue weighted by Crippen LogP contribution is 2.20. The quantitative estimate of drug-likeness (QED) is 0.442. The molecule has 7 nitrogen and oxygen atoms in total. The number of benzene rings is 1. The van der Waals surface area contributed by atoms with Crippen LogP contribution in [0.5, 0.6) is 0 Å². The van der Waals surface area contributed by atoms with Crippen LogP contribution in [-0.2, 0) is 0 Å². The minimum absolute atomic E-state index is 0.104. The van der Waals surface area contributed by atoms with Crippen LogP contribution >= 0.6 is 0 Å². The van der Waals surface area contributed by atoms with Crippen molar-refractivity contribution in [1.82, 2.24) is 9.55 Å². The molecule has 1 N–H and O–H groups in total. The summed E-state index contributed by atoms with van der Waals surface area (Å²) in [7, 11) is 0. The number of anilines is 1. The Morgan fingerprint density at radius 2 is 2.00 bits per heavy atom. The number of aryl methyl sites for hydroxylation is 1. The van der Waals surface area contributed by atoms with E-state index in [1.165, 1.54) is 23.9 Å². The lowest BCUT2D eigenvalue weighted by Crippen LogP contribution is -2.01. The Balaban J connectivity index is 1.81. The Labute approximate surface area is 138 Å². The van der Waals surface area contributed by atoms with E-state index in [-0.39, 0.29) is 11.5 Å². The van der Waals surface area contributed by atoms with Gasteiger partial charge in [-0.3, -0.25) is 15.5 Å². The van der Waals surface area contributed by atoms with Crippen LogP contribution in [0.2, 0.25) is 0 Å². The molecule has 0 spiro atoms. The summed E-state index contributed by atoms with van der Waals surface area (Å²) in [5.74, 6) is 0.104. The van der Waals surface area contributed by atoms with Crippen LogP contribution < -0.4 is 5.43 Å². The average molecular weight is 321 g/mol. The predicted octanol–water partition coefficient (Wildman–Crippen LogP) is 3.53. The van der Waals surface area contributed by atoms with Gasteiger partial charge in [0.1, 0.15) is 0 Å². The number of nitrogens with zero attached hydrogens (tertiary/aromatic N) is 4. The number of hydrazone groups is 1. The van der Waals surface area contributed by atoms with Gasteiger partial charge >= 0.3 is 5.69 Å². The molecule has 0 bridgehead atoms. The molecule has 1 aromatic carbocycles. The third-order valence-electron chi connectivity index (χ3n) is 3.44. The van der Waals surface area contributed by atoms with Crippen molar-refractivity contribution in [3.8, 4) is 5.69 Å². The monoisotopic (exact) mass is 321 g/mol. The minimum atomic E-state index is -0.500. The van der Waals surface area contributed by atoms with E-state index in [0.29, 0.717) is 0 Å². The number of pyridine rings is 1. The number of hydrogen-bond donors (Lipinski definition) is 1. The van der Waals surface area contributed by atoms with Crippen LogP contribution in [0.15, 0.2) is 66.0 Å². The molecule has 0 aliphatic heterocycles. The van der Waals surface area contributed by atoms with Crippen LogP contribution in [0.1, 0.15) is 11.3 Å². The van der Waals surface area contributed by atoms with Crippen molar-refractivity contribution in [3.05, 3.63) is 82.3 Å². The Morgan fingerprint density at radius 3 is 2.75 bits per heavy atom. The zero-order valence-electron chi connectivity index (χ0n) is 13.0. The second-order valence-corrected chi connectivity index (χ2v) is 5.14. The lowest BCUT2D eigenvalue weighted by Gasteiger charge is -2.06. The van der Waals surface area contributed by atoms with Crippen LogP contribution in [0.25, 0.3) is 5.69 Å². The van der Waals surface area contributed by atoms with Crippen LogP contribution in [-0.4, -0.2) is 20.7 Å². The number of hydrogen-bond acceptors (Lipinski definition) is 5. The van der Waals surface area contributed by atoms with Gasteiger partial charge in [-0.1, -0.05) is 17.7 Å². The molecule has 24 heavy (non-hydrogen) atoms. The summed E-state index contributed by atoms with van der Waals surface area (Å²) in [4.78, 5) is 14.4. The van der Waals surface area contributed by atoms with Gasteiger partial charge in [-0.2, -0.15) is 5.10 Å². The van der Waals surface area contributed by atoms with E-state index < -0.39 is 4.92 Å². The topological polar surface area (TPSA) is 85.3 Å². The predicted molar refractivity (Wildman–Crippen MR) is 92.6 cm³/mol. The van der Waals surface area contributed by atoms with E-state index in [4.69, 9.17) is 0 Å². The van der Waals surface area contributed by atoms with E-state index in [0.717, 1.165) is 11.4 Å². The van der Waals surface area contributed by atoms with Gasteiger partial charge < -0.3 is 4.57 Å². The highest BCUT2D eigenvalue weighted by atomic mass is 16.6. The van der Waals surface area contributed by atoms with Gasteiger partial charge in [0.25, 0.3) is 0 Å². The molecule has 0 aliphatic rings. The molecule has 3 aromatic rings. The fourth-order valence-electron chi connectivity index (χ4n) is 2.23. The highest BCUT2D eigenvalue weighted by molar-refractivity contribution is 5.79. The molecular weight excluding hydrogens is 306 g/mol. The smallest absolute Gasteiger partial charge is 0.313 e. The SMILES string of the molecule is Cc1ccc(-n2cccc2/C=N\Nc2ncccc2[N+](=O)[O-])cc1. The highest BCUT2D eigenvalue weighted by Gasteiger charge is 2.12. The third-order valence-corrected chi connectivity index (χ3v) is 3.44. The summed E-state index contributed by atoms with van der Waals surface area (Å²) in [5.41, 5.74) is 5.54. The van der Waals surface area contributed by atoms with E-state index in [1.807, 2.05) is 54.1 Å². The fourth-order valence-corrected chi connectivity index (χ4v) is 2.23. The van der Waals surface area contributed by atoms with Crippen molar-refractivity contribution in [2.75, 3.05) is 5.43 Å². The Bertz CT molecular complexity index is 884. The van der Waals surface area contributed by atoms with E-state index >= 15 is 0 Å². The molecule has 2 aromatic heterocycles. The maximum Gasteiger partial charge on any atom is 0.313 e. The third kappa shape index (κ3) is 3.30. The number of rotatable bonds is 5. The van der Waals surface area contributed by atoms with Gasteiger partial charge in [-0.05, 0) is 37.3 Å². The van der Waals surface area contributed by atoms with Crippen molar-refractivity contribution in [1.29, 1.82) is 0 Å². The van der Waals surface area contributed by atoms with Crippen molar-refractivity contribution >= 4 is 17.7 Å². The van der Waals surface area contributed by atoms with Crippen LogP contribution in [0.4, 0.5) is 11.5 Å². The summed E-state index contributed by atoms with van der Waals surface area (Å²) >= 11 is 0. The fraction of sp³-hybridized carbons (Fsp3) is 0.0588. The van der Waals surface area contributed by atoms with Gasteiger partial charge in [0, 0.05) is 24.1 Å². The van der Waals surface area contributed by atoms with Crippen molar-refractivity contribution in [3.63, 3.8) is 0 Å². The molecular formula is C17H15N5O2. The zero-order chi connectivity index (χ0) is 16.9. The van der Waals surface area contributed by atoms with Gasteiger partial charge in [-0.25, -0.2) is 4.98 Å². The normalized spacial score (nSPS) is 10.9. The minimum Gasteiger partial charge on any atom is -0.316 e. The Kier molecular flexibility index (Phi) is 4.33. The molecule has 3 rings (SSSR count). The second kappa shape index (κ2) is 6.74. The van der Waals surface area contributed by atoms with Crippen molar-refractivity contribution < 1.29 is 4.92 Å². The lowest BCUT2D eigenvalue weighted by atomic mass is 10.2. The van der Waals surface area contributed by atoms with Crippen LogP contribution in [0, 0.1) is 17.0 Å². The first-order valence-electron chi connectivity index (χ1n) is 7.28. The first kappa shape index (κ1) is 15.4. The average Bonchev–Trinajstić information content (AvgIpc) is 3.04. The molecule has 0 fully saturated rings. The molecule has 0 amide bonds. The maximum atomic E-state index is 10.9. The first-order valence-corrected chi connectivity index (χ1v) is 7.28. The van der Waals surface area contributed by atoms with Gasteiger partial charge in [0.2, 0.25) is 5.82 Å². The Morgan fingerprint density at radius 1 is 1.21 bits per heavy atom. The number of nitro groups is 1. The van der Waals surface area contributed by atoms with Crippen molar-refractivity contribution in [2.45, 2.75) is 6.92 Å². The first-order chi connectivity index (χ1) is 11.6. The van der Waals surface area contributed by atoms with Crippen molar-refractivity contribution in [2.24, 2.45) is 5.10 Å². The van der Waals surface area contributed by atoms with Gasteiger partial charge in [0.05, 0.1) is 16.8 Å². The Hall–Kier alpha value is -3.48. The molecule has 120 valence electrons. The molecule has 0 saturated heterocycles. The number of aromatic nitrogens is 2. The molecule has 0 radical (unpaired) electrons. The van der Waals surface area contributed by atoms with E-state index in [1.54, 1.807) is 6.21 Å². The zero-order valence-corrected chi connectivity index (χ0v) is 13.0. The molecule has 0 aliphatic carbocycles. The summed E-state index contributed by atoms with van der Waals surface area (Å²) < 4.78 is 1.97. The summed E-state index contributed by atoms with van der Waals surface area (Å²) in [6.45, 7) is 2.03. The molecule has 7 heteroatoms. The second-order valence-electron chi connectivity index (χ2n) is 5.14. The summed E-state index contributed by atoms with van der Waals surface area (Å²) in [5, 5.41) is 15.0. The molecule has 0 saturated carbocycles. The number of nitrogens with one attached hydrogen (secondary N) is 1. The van der Waals surface area contributed by atoms with E-state index in [9.17, 15) is 10.1 Å². The molecule has 0 unspecified atom stereocenters.